The van der Waals surface area contributed by atoms with Crippen LogP contribution < -0.4 is 11.1 Å². The van der Waals surface area contributed by atoms with Crippen LogP contribution in [0.2, 0.25) is 0 Å². The highest BCUT2D eigenvalue weighted by atomic mass is 16.2. The number of carbonyl (C=O) groups excluding carboxylic acids is 2. The highest BCUT2D eigenvalue weighted by Gasteiger charge is 2.39. The number of nitrogens with one attached hydrogen (secondary N) is 1. The van der Waals surface area contributed by atoms with E-state index in [9.17, 15) is 9.59 Å². The normalized spacial score (nSPS) is 25.3. The summed E-state index contributed by atoms with van der Waals surface area (Å²) >= 11 is 0. The van der Waals surface area contributed by atoms with Gasteiger partial charge in [0.1, 0.15) is 0 Å². The maximum Gasteiger partial charge on any atom is 0.223 e. The molecular weight excluding hydrogens is 266 g/mol. The van der Waals surface area contributed by atoms with Crippen molar-refractivity contribution in [2.75, 3.05) is 19.6 Å². The van der Waals surface area contributed by atoms with Crippen molar-refractivity contribution in [2.24, 2.45) is 17.1 Å². The average Bonchev–Trinajstić information content (AvgIpc) is 3.28. The lowest BCUT2D eigenvalue weighted by molar-refractivity contribution is -0.136. The van der Waals surface area contributed by atoms with Crippen molar-refractivity contribution in [3.8, 4) is 0 Å². The summed E-state index contributed by atoms with van der Waals surface area (Å²) in [6.45, 7) is 2.18. The standard InChI is InChI=1S/C16H27N3O2/c17-11-16(6-1-7-16)10-14(20)19-8-4-13(5-9-19)18-15(21)12-2-3-12/h12-13H,1-11,17H2,(H,18,21). The van der Waals surface area contributed by atoms with Gasteiger partial charge in [-0.25, -0.2) is 0 Å². The number of nitrogens with two attached hydrogens (primary N) is 1. The van der Waals surface area contributed by atoms with E-state index in [2.05, 4.69) is 5.32 Å². The van der Waals surface area contributed by atoms with Gasteiger partial charge in [0.15, 0.2) is 0 Å². The maximum atomic E-state index is 12.4. The fraction of sp³-hybridized carbons (Fsp3) is 0.875. The highest BCUT2D eigenvalue weighted by Crippen LogP contribution is 2.43. The van der Waals surface area contributed by atoms with E-state index in [-0.39, 0.29) is 29.2 Å². The fourth-order valence-corrected chi connectivity index (χ4v) is 3.50. The molecule has 3 N–H and O–H groups in total. The second kappa shape index (κ2) is 5.95. The van der Waals surface area contributed by atoms with E-state index in [1.165, 1.54) is 6.42 Å². The highest BCUT2D eigenvalue weighted by molar-refractivity contribution is 5.81. The predicted molar refractivity (Wildman–Crippen MR) is 80.4 cm³/mol. The summed E-state index contributed by atoms with van der Waals surface area (Å²) in [5.74, 6) is 0.746. The zero-order valence-corrected chi connectivity index (χ0v) is 12.8. The first kappa shape index (κ1) is 14.8. The molecule has 0 spiro atoms. The molecule has 0 aromatic heterocycles. The van der Waals surface area contributed by atoms with Gasteiger partial charge in [0, 0.05) is 31.5 Å². The second-order valence-corrected chi connectivity index (χ2v) is 7.17. The number of hydrogen-bond acceptors (Lipinski definition) is 3. The van der Waals surface area contributed by atoms with Gasteiger partial charge in [0.05, 0.1) is 0 Å². The SMILES string of the molecule is NCC1(CC(=O)N2CCC(NC(=O)C3CC3)CC2)CCC1. The molecule has 3 aliphatic rings. The zero-order valence-electron chi connectivity index (χ0n) is 12.8. The Hall–Kier alpha value is -1.10. The minimum absolute atomic E-state index is 0.0914. The third kappa shape index (κ3) is 3.39. The molecular formula is C16H27N3O2. The van der Waals surface area contributed by atoms with Crippen molar-refractivity contribution in [2.45, 2.75) is 57.4 Å². The van der Waals surface area contributed by atoms with Crippen LogP contribution >= 0.6 is 0 Å². The number of nitrogens with zero attached hydrogens (tertiary/aromatic N) is 1. The number of carbonyl (C=O) groups is 2. The molecule has 21 heavy (non-hydrogen) atoms. The third-order valence-electron chi connectivity index (χ3n) is 5.52. The van der Waals surface area contributed by atoms with Gasteiger partial charge in [0.25, 0.3) is 0 Å². The number of hydrogen-bond donors (Lipinski definition) is 2. The second-order valence-electron chi connectivity index (χ2n) is 7.17. The van der Waals surface area contributed by atoms with Crippen LogP contribution in [0.3, 0.4) is 0 Å². The van der Waals surface area contributed by atoms with E-state index >= 15 is 0 Å². The van der Waals surface area contributed by atoms with Gasteiger partial charge in [-0.3, -0.25) is 9.59 Å². The molecule has 3 rings (SSSR count). The topological polar surface area (TPSA) is 75.4 Å². The fourth-order valence-electron chi connectivity index (χ4n) is 3.50. The average molecular weight is 293 g/mol. The van der Waals surface area contributed by atoms with E-state index in [1.807, 2.05) is 4.90 Å². The third-order valence-corrected chi connectivity index (χ3v) is 5.52. The molecule has 0 unspecified atom stereocenters. The Kier molecular flexibility index (Phi) is 4.20. The van der Waals surface area contributed by atoms with Gasteiger partial charge >= 0.3 is 0 Å². The molecule has 1 heterocycles. The Bertz CT molecular complexity index is 402. The van der Waals surface area contributed by atoms with Crippen molar-refractivity contribution in [1.29, 1.82) is 0 Å². The minimum Gasteiger partial charge on any atom is -0.353 e. The lowest BCUT2D eigenvalue weighted by Gasteiger charge is -2.42. The Labute approximate surface area is 126 Å². The van der Waals surface area contributed by atoms with Crippen LogP contribution in [0, 0.1) is 11.3 Å². The van der Waals surface area contributed by atoms with Gasteiger partial charge in [-0.2, -0.15) is 0 Å². The Morgan fingerprint density at radius 3 is 2.29 bits per heavy atom. The summed E-state index contributed by atoms with van der Waals surface area (Å²) in [5, 5.41) is 3.13. The van der Waals surface area contributed by atoms with Crippen molar-refractivity contribution in [3.05, 3.63) is 0 Å². The van der Waals surface area contributed by atoms with E-state index in [0.717, 1.165) is 51.6 Å². The van der Waals surface area contributed by atoms with Crippen LogP contribution in [-0.2, 0) is 9.59 Å². The molecule has 0 aromatic carbocycles. The molecule has 118 valence electrons. The molecule has 0 aromatic rings. The molecule has 3 fully saturated rings. The Morgan fingerprint density at radius 1 is 1.14 bits per heavy atom. The van der Waals surface area contributed by atoms with Crippen LogP contribution in [0.4, 0.5) is 0 Å². The molecule has 1 saturated heterocycles. The first-order valence-corrected chi connectivity index (χ1v) is 8.40. The van der Waals surface area contributed by atoms with Gasteiger partial charge in [-0.15, -0.1) is 0 Å². The first-order chi connectivity index (χ1) is 10.1. The monoisotopic (exact) mass is 293 g/mol. The molecule has 2 aliphatic carbocycles. The zero-order chi connectivity index (χ0) is 14.9. The van der Waals surface area contributed by atoms with Crippen molar-refractivity contribution in [1.82, 2.24) is 10.2 Å². The summed E-state index contributed by atoms with van der Waals surface area (Å²) in [7, 11) is 0. The molecule has 2 saturated carbocycles. The van der Waals surface area contributed by atoms with Crippen molar-refractivity contribution >= 4 is 11.8 Å². The Balaban J connectivity index is 1.42. The molecule has 0 radical (unpaired) electrons. The summed E-state index contributed by atoms with van der Waals surface area (Å²) in [5.41, 5.74) is 5.93. The van der Waals surface area contributed by atoms with Gasteiger partial charge in [-0.05, 0) is 50.5 Å². The van der Waals surface area contributed by atoms with Crippen LogP contribution in [0.25, 0.3) is 0 Å². The molecule has 1 aliphatic heterocycles. The molecule has 0 atom stereocenters. The predicted octanol–water partition coefficient (Wildman–Crippen LogP) is 1.02. The lowest BCUT2D eigenvalue weighted by atomic mass is 9.66. The molecule has 2 amide bonds. The van der Waals surface area contributed by atoms with Crippen molar-refractivity contribution < 1.29 is 9.59 Å². The van der Waals surface area contributed by atoms with E-state index < -0.39 is 0 Å². The van der Waals surface area contributed by atoms with Crippen LogP contribution in [0.5, 0.6) is 0 Å². The van der Waals surface area contributed by atoms with Crippen molar-refractivity contribution in [3.63, 3.8) is 0 Å². The summed E-state index contributed by atoms with van der Waals surface area (Å²) in [6.07, 6.45) is 7.89. The van der Waals surface area contributed by atoms with E-state index in [1.54, 1.807) is 0 Å². The lowest BCUT2D eigenvalue weighted by Crippen LogP contribution is -2.49. The summed E-state index contributed by atoms with van der Waals surface area (Å²) in [6, 6.07) is 0.259. The summed E-state index contributed by atoms with van der Waals surface area (Å²) < 4.78 is 0. The minimum atomic E-state index is 0.0914. The molecule has 5 nitrogen and oxygen atoms in total. The van der Waals surface area contributed by atoms with Crippen LogP contribution in [0.15, 0.2) is 0 Å². The largest absolute Gasteiger partial charge is 0.353 e. The van der Waals surface area contributed by atoms with Crippen LogP contribution in [-0.4, -0.2) is 42.4 Å². The Morgan fingerprint density at radius 2 is 1.81 bits per heavy atom. The van der Waals surface area contributed by atoms with E-state index in [0.29, 0.717) is 13.0 Å². The first-order valence-electron chi connectivity index (χ1n) is 8.40. The summed E-state index contributed by atoms with van der Waals surface area (Å²) in [4.78, 5) is 26.1. The number of amides is 2. The molecule has 5 heteroatoms. The maximum absolute atomic E-state index is 12.4. The quantitative estimate of drug-likeness (QED) is 0.795. The molecule has 0 bridgehead atoms. The van der Waals surface area contributed by atoms with Gasteiger partial charge < -0.3 is 16.0 Å². The smallest absolute Gasteiger partial charge is 0.223 e. The van der Waals surface area contributed by atoms with Gasteiger partial charge in [0.2, 0.25) is 11.8 Å². The number of rotatable bonds is 5. The number of likely N-dealkylation sites (tertiary alicyclic amines) is 1. The number of piperidine rings is 1. The van der Waals surface area contributed by atoms with Gasteiger partial charge in [-0.1, -0.05) is 6.42 Å². The van der Waals surface area contributed by atoms with E-state index in [4.69, 9.17) is 5.73 Å². The van der Waals surface area contributed by atoms with Crippen LogP contribution in [0.1, 0.15) is 51.4 Å².